The highest BCUT2D eigenvalue weighted by Gasteiger charge is 2.11. The summed E-state index contributed by atoms with van der Waals surface area (Å²) in [5.74, 6) is 0.940. The van der Waals surface area contributed by atoms with Gasteiger partial charge in [0.25, 0.3) is 0 Å². The molecule has 2 heterocycles. The zero-order valence-electron chi connectivity index (χ0n) is 10.2. The zero-order valence-corrected chi connectivity index (χ0v) is 10.2. The van der Waals surface area contributed by atoms with Crippen molar-refractivity contribution in [3.8, 4) is 11.5 Å². The maximum Gasteiger partial charge on any atom is 0.305 e. The first-order chi connectivity index (χ1) is 8.70. The maximum atomic E-state index is 11.0. The molecule has 0 N–H and O–H groups in total. The molecule has 7 heteroatoms. The van der Waals surface area contributed by atoms with Gasteiger partial charge >= 0.3 is 5.97 Å². The Morgan fingerprint density at radius 2 is 2.28 bits per heavy atom. The molecule has 0 unspecified atom stereocenters. The van der Waals surface area contributed by atoms with Gasteiger partial charge < -0.3 is 4.74 Å². The number of rotatable bonds is 4. The van der Waals surface area contributed by atoms with Crippen LogP contribution in [0.3, 0.4) is 0 Å². The molecule has 0 aliphatic rings. The number of hydrogen-bond acceptors (Lipinski definition) is 6. The van der Waals surface area contributed by atoms with Crippen LogP contribution in [-0.2, 0) is 23.0 Å². The van der Waals surface area contributed by atoms with Gasteiger partial charge in [-0.1, -0.05) is 0 Å². The van der Waals surface area contributed by atoms with E-state index in [9.17, 15) is 4.79 Å². The molecule has 0 amide bonds. The van der Waals surface area contributed by atoms with E-state index < -0.39 is 0 Å². The van der Waals surface area contributed by atoms with Gasteiger partial charge in [0.15, 0.2) is 11.6 Å². The molecule has 7 nitrogen and oxygen atoms in total. The van der Waals surface area contributed by atoms with Crippen LogP contribution in [0, 0.1) is 0 Å². The van der Waals surface area contributed by atoms with Crippen molar-refractivity contribution in [2.75, 3.05) is 7.11 Å². The molecule has 2 aromatic heterocycles. The van der Waals surface area contributed by atoms with E-state index in [0.29, 0.717) is 23.8 Å². The Balaban J connectivity index is 2.15. The summed E-state index contributed by atoms with van der Waals surface area (Å²) in [5, 5.41) is 4.22. The molecular weight excluding hydrogens is 234 g/mol. The molecule has 0 fully saturated rings. The lowest BCUT2D eigenvalue weighted by atomic mass is 10.3. The van der Waals surface area contributed by atoms with Gasteiger partial charge in [-0.25, -0.2) is 14.6 Å². The summed E-state index contributed by atoms with van der Waals surface area (Å²) in [4.78, 5) is 23.5. The molecule has 0 saturated carbocycles. The van der Waals surface area contributed by atoms with E-state index in [1.807, 2.05) is 0 Å². The van der Waals surface area contributed by atoms with Crippen molar-refractivity contribution < 1.29 is 9.53 Å². The number of carbonyl (C=O) groups is 1. The van der Waals surface area contributed by atoms with E-state index in [2.05, 4.69) is 24.8 Å². The van der Waals surface area contributed by atoms with Crippen LogP contribution in [0.15, 0.2) is 18.6 Å². The average molecular weight is 247 g/mol. The SMILES string of the molecule is COC(=O)CCc1nc(-c2cnccn2)n(C)n1. The van der Waals surface area contributed by atoms with Crippen molar-refractivity contribution in [1.82, 2.24) is 24.7 Å². The van der Waals surface area contributed by atoms with Crippen LogP contribution in [0.25, 0.3) is 11.5 Å². The molecule has 2 rings (SSSR count). The largest absolute Gasteiger partial charge is 0.469 e. The summed E-state index contributed by atoms with van der Waals surface area (Å²) in [5.41, 5.74) is 0.650. The third-order valence-corrected chi connectivity index (χ3v) is 2.38. The molecule has 0 saturated heterocycles. The third-order valence-electron chi connectivity index (χ3n) is 2.38. The molecule has 0 radical (unpaired) electrons. The summed E-state index contributed by atoms with van der Waals surface area (Å²) in [6, 6.07) is 0. The van der Waals surface area contributed by atoms with Crippen molar-refractivity contribution in [3.05, 3.63) is 24.4 Å². The van der Waals surface area contributed by atoms with Crippen molar-refractivity contribution in [3.63, 3.8) is 0 Å². The van der Waals surface area contributed by atoms with Gasteiger partial charge in [-0.2, -0.15) is 5.10 Å². The Morgan fingerprint density at radius 1 is 1.44 bits per heavy atom. The molecule has 0 bridgehead atoms. The summed E-state index contributed by atoms with van der Waals surface area (Å²) >= 11 is 0. The first kappa shape index (κ1) is 12.2. The predicted octanol–water partition coefficient (Wildman–Crippen LogP) is 0.378. The lowest BCUT2D eigenvalue weighted by molar-refractivity contribution is -0.140. The lowest BCUT2D eigenvalue weighted by Crippen LogP contribution is -2.03. The summed E-state index contributed by atoms with van der Waals surface area (Å²) < 4.78 is 6.19. The predicted molar refractivity (Wildman–Crippen MR) is 62.4 cm³/mol. The highest BCUT2D eigenvalue weighted by molar-refractivity contribution is 5.69. The van der Waals surface area contributed by atoms with Crippen LogP contribution in [0.1, 0.15) is 12.2 Å². The number of aryl methyl sites for hydroxylation is 2. The molecular formula is C11H13N5O2. The Morgan fingerprint density at radius 3 is 2.94 bits per heavy atom. The van der Waals surface area contributed by atoms with Crippen LogP contribution in [-0.4, -0.2) is 37.8 Å². The Bertz CT molecular complexity index is 538. The van der Waals surface area contributed by atoms with Crippen LogP contribution in [0.2, 0.25) is 0 Å². The van der Waals surface area contributed by atoms with Crippen LogP contribution in [0.4, 0.5) is 0 Å². The van der Waals surface area contributed by atoms with E-state index >= 15 is 0 Å². The maximum absolute atomic E-state index is 11.0. The van der Waals surface area contributed by atoms with E-state index in [1.54, 1.807) is 30.3 Å². The van der Waals surface area contributed by atoms with Crippen LogP contribution < -0.4 is 0 Å². The fourth-order valence-electron chi connectivity index (χ4n) is 1.50. The molecule has 94 valence electrons. The highest BCUT2D eigenvalue weighted by Crippen LogP contribution is 2.12. The number of ether oxygens (including phenoxy) is 1. The number of carbonyl (C=O) groups excluding carboxylic acids is 1. The van der Waals surface area contributed by atoms with Gasteiger partial charge in [-0.3, -0.25) is 9.78 Å². The molecule has 0 atom stereocenters. The summed E-state index contributed by atoms with van der Waals surface area (Å²) in [6.45, 7) is 0. The molecule has 0 spiro atoms. The first-order valence-corrected chi connectivity index (χ1v) is 5.44. The van der Waals surface area contributed by atoms with Crippen LogP contribution >= 0.6 is 0 Å². The zero-order chi connectivity index (χ0) is 13.0. The quantitative estimate of drug-likeness (QED) is 0.726. The van der Waals surface area contributed by atoms with Gasteiger partial charge in [0, 0.05) is 25.9 Å². The molecule has 2 aromatic rings. The normalized spacial score (nSPS) is 10.3. The van der Waals surface area contributed by atoms with E-state index in [0.717, 1.165) is 0 Å². The fraction of sp³-hybridized carbons (Fsp3) is 0.364. The van der Waals surface area contributed by atoms with Gasteiger partial charge in [-0.05, 0) is 0 Å². The van der Waals surface area contributed by atoms with Crippen molar-refractivity contribution in [2.45, 2.75) is 12.8 Å². The second-order valence-electron chi connectivity index (χ2n) is 3.64. The topological polar surface area (TPSA) is 82.8 Å². The smallest absolute Gasteiger partial charge is 0.305 e. The average Bonchev–Trinajstić information content (AvgIpc) is 2.78. The Kier molecular flexibility index (Phi) is 3.61. The van der Waals surface area contributed by atoms with Crippen molar-refractivity contribution >= 4 is 5.97 Å². The molecule has 0 aliphatic carbocycles. The minimum absolute atomic E-state index is 0.264. The molecule has 0 aromatic carbocycles. The van der Waals surface area contributed by atoms with Gasteiger partial charge in [0.2, 0.25) is 0 Å². The van der Waals surface area contributed by atoms with E-state index in [1.165, 1.54) is 7.11 Å². The van der Waals surface area contributed by atoms with Crippen molar-refractivity contribution in [1.29, 1.82) is 0 Å². The third kappa shape index (κ3) is 2.68. The number of methoxy groups -OCH3 is 1. The number of nitrogens with zero attached hydrogens (tertiary/aromatic N) is 5. The molecule has 18 heavy (non-hydrogen) atoms. The van der Waals surface area contributed by atoms with Crippen molar-refractivity contribution in [2.24, 2.45) is 7.05 Å². The standard InChI is InChI=1S/C11H13N5O2/c1-16-11(8-7-12-5-6-13-8)14-9(15-16)3-4-10(17)18-2/h5-7H,3-4H2,1-2H3. The summed E-state index contributed by atoms with van der Waals surface area (Å²) in [6.07, 6.45) is 5.52. The minimum atomic E-state index is -0.275. The second kappa shape index (κ2) is 5.35. The lowest BCUT2D eigenvalue weighted by Gasteiger charge is -1.96. The first-order valence-electron chi connectivity index (χ1n) is 5.44. The Hall–Kier alpha value is -2.31. The number of esters is 1. The molecule has 0 aliphatic heterocycles. The number of hydrogen-bond donors (Lipinski definition) is 0. The van der Waals surface area contributed by atoms with Gasteiger partial charge in [-0.15, -0.1) is 0 Å². The Labute approximate surface area is 104 Å². The number of aromatic nitrogens is 5. The van der Waals surface area contributed by atoms with Crippen LogP contribution in [0.5, 0.6) is 0 Å². The summed E-state index contributed by atoms with van der Waals surface area (Å²) in [7, 11) is 3.14. The van der Waals surface area contributed by atoms with E-state index in [-0.39, 0.29) is 12.4 Å². The van der Waals surface area contributed by atoms with Gasteiger partial charge in [0.1, 0.15) is 5.69 Å². The monoisotopic (exact) mass is 247 g/mol. The highest BCUT2D eigenvalue weighted by atomic mass is 16.5. The minimum Gasteiger partial charge on any atom is -0.469 e. The van der Waals surface area contributed by atoms with Gasteiger partial charge in [0.05, 0.1) is 19.7 Å². The fourth-order valence-corrected chi connectivity index (χ4v) is 1.50. The second-order valence-corrected chi connectivity index (χ2v) is 3.64. The van der Waals surface area contributed by atoms with E-state index in [4.69, 9.17) is 0 Å².